The molecule has 9 aromatic carbocycles. The topological polar surface area (TPSA) is 19.0 Å². The number of hydrogen-bond donors (Lipinski definition) is 1. The molecule has 284 valence electrons. The predicted molar refractivity (Wildman–Crippen MR) is 253 cm³/mol. The lowest BCUT2D eigenvalue weighted by Gasteiger charge is -2.36. The minimum atomic E-state index is 0.847. The molecule has 60 heavy (non-hydrogen) atoms. The van der Waals surface area contributed by atoms with Gasteiger partial charge in [-0.05, 0) is 104 Å². The normalized spacial score (nSPS) is 12.4. The van der Waals surface area contributed by atoms with E-state index in [1.807, 2.05) is 0 Å². The molecule has 1 aromatic heterocycles. The summed E-state index contributed by atoms with van der Waals surface area (Å²) in [7, 11) is 0. The molecule has 1 N–H and O–H groups in total. The van der Waals surface area contributed by atoms with Crippen molar-refractivity contribution in [3.8, 4) is 55.6 Å². The van der Waals surface area contributed by atoms with Crippen LogP contribution in [0, 0.1) is 13.8 Å². The van der Waals surface area contributed by atoms with Crippen molar-refractivity contribution in [2.45, 2.75) is 26.7 Å². The molecule has 2 heteroatoms. The van der Waals surface area contributed by atoms with Crippen LogP contribution >= 0.6 is 0 Å². The highest BCUT2D eigenvalue weighted by Gasteiger charge is 2.35. The van der Waals surface area contributed by atoms with Gasteiger partial charge in [0.2, 0.25) is 0 Å². The Morgan fingerprint density at radius 3 is 1.70 bits per heavy atom. The fourth-order valence-corrected chi connectivity index (χ4v) is 10.4. The van der Waals surface area contributed by atoms with Gasteiger partial charge in [-0.1, -0.05) is 170 Å². The maximum atomic E-state index is 3.87. The van der Waals surface area contributed by atoms with E-state index in [-0.39, 0.29) is 0 Å². The van der Waals surface area contributed by atoms with Crippen LogP contribution in [0.4, 0.5) is 17.1 Å². The Balaban J connectivity index is 1.26. The van der Waals surface area contributed by atoms with E-state index in [2.05, 4.69) is 212 Å². The predicted octanol–water partition coefficient (Wildman–Crippen LogP) is 15.6. The van der Waals surface area contributed by atoms with Crippen LogP contribution in [0.5, 0.6) is 0 Å². The molecule has 0 saturated carbocycles. The minimum Gasteiger partial charge on any atom is -0.354 e. The van der Waals surface area contributed by atoms with E-state index < -0.39 is 0 Å². The molecule has 0 atom stereocenters. The van der Waals surface area contributed by atoms with E-state index in [0.29, 0.717) is 0 Å². The number of hydrogen-bond acceptors (Lipinski definition) is 1. The average molecular weight is 767 g/mol. The molecular formula is C58H42N2. The van der Waals surface area contributed by atoms with E-state index in [4.69, 9.17) is 0 Å². The molecule has 12 rings (SSSR count). The highest BCUT2D eigenvalue weighted by Crippen LogP contribution is 2.58. The van der Waals surface area contributed by atoms with E-state index in [9.17, 15) is 0 Å². The summed E-state index contributed by atoms with van der Waals surface area (Å²) in [6.07, 6.45) is 1.72. The van der Waals surface area contributed by atoms with Gasteiger partial charge in [0.25, 0.3) is 0 Å². The molecule has 10 aromatic rings. The van der Waals surface area contributed by atoms with Crippen LogP contribution in [-0.2, 0) is 12.8 Å². The van der Waals surface area contributed by atoms with Crippen LogP contribution in [0.3, 0.4) is 0 Å². The summed E-state index contributed by atoms with van der Waals surface area (Å²) in [6.45, 7) is 4.65. The summed E-state index contributed by atoms with van der Waals surface area (Å²) in [6, 6.07) is 69.8. The van der Waals surface area contributed by atoms with Gasteiger partial charge in [-0.15, -0.1) is 0 Å². The first-order valence-corrected chi connectivity index (χ1v) is 21.1. The first-order chi connectivity index (χ1) is 29.6. The van der Waals surface area contributed by atoms with Crippen molar-refractivity contribution in [2.75, 3.05) is 4.90 Å². The lowest BCUT2D eigenvalue weighted by molar-refractivity contribution is 1.14. The van der Waals surface area contributed by atoms with Crippen molar-refractivity contribution in [1.29, 1.82) is 0 Å². The summed E-state index contributed by atoms with van der Waals surface area (Å²) in [5.41, 5.74) is 26.7. The van der Waals surface area contributed by atoms with E-state index in [1.54, 1.807) is 0 Å². The van der Waals surface area contributed by atoms with Crippen LogP contribution in [0.15, 0.2) is 188 Å². The quantitative estimate of drug-likeness (QED) is 0.179. The first kappa shape index (κ1) is 34.6. The van der Waals surface area contributed by atoms with Gasteiger partial charge < -0.3 is 9.88 Å². The maximum Gasteiger partial charge on any atom is 0.0588 e. The summed E-state index contributed by atoms with van der Waals surface area (Å²) in [5.74, 6) is 0. The number of fused-ring (bicyclic) bond motifs is 9. The van der Waals surface area contributed by atoms with Gasteiger partial charge in [-0.3, -0.25) is 0 Å². The highest BCUT2D eigenvalue weighted by atomic mass is 15.2. The van der Waals surface area contributed by atoms with Gasteiger partial charge >= 0.3 is 0 Å². The molecule has 0 amide bonds. The number of nitrogens with one attached hydrogen (secondary N) is 1. The Labute approximate surface area is 351 Å². The second kappa shape index (κ2) is 13.6. The van der Waals surface area contributed by atoms with Crippen LogP contribution < -0.4 is 4.90 Å². The zero-order valence-corrected chi connectivity index (χ0v) is 33.8. The molecule has 0 saturated heterocycles. The number of nitrogens with zero attached hydrogens (tertiary/aromatic N) is 1. The number of anilines is 3. The third kappa shape index (κ3) is 5.20. The smallest absolute Gasteiger partial charge is 0.0588 e. The van der Waals surface area contributed by atoms with Gasteiger partial charge in [0.1, 0.15) is 0 Å². The van der Waals surface area contributed by atoms with Crippen molar-refractivity contribution in [3.05, 3.63) is 221 Å². The van der Waals surface area contributed by atoms with E-state index in [1.165, 1.54) is 111 Å². The summed E-state index contributed by atoms with van der Waals surface area (Å²) in [4.78, 5) is 6.58. The lowest BCUT2D eigenvalue weighted by Crippen LogP contribution is -2.18. The molecule has 0 radical (unpaired) electrons. The molecule has 2 aliphatic rings. The van der Waals surface area contributed by atoms with E-state index >= 15 is 0 Å². The van der Waals surface area contributed by atoms with Crippen LogP contribution in [0.1, 0.15) is 33.4 Å². The Hall–Kier alpha value is -7.42. The number of rotatable bonds is 6. The third-order valence-electron chi connectivity index (χ3n) is 13.2. The van der Waals surface area contributed by atoms with Crippen LogP contribution in [-0.4, -0.2) is 4.98 Å². The number of aryl methyl sites for hydroxylation is 1. The van der Waals surface area contributed by atoms with Gasteiger partial charge in [0.15, 0.2) is 0 Å². The zero-order chi connectivity index (χ0) is 39.9. The van der Waals surface area contributed by atoms with Gasteiger partial charge in [0.05, 0.1) is 22.6 Å². The summed E-state index contributed by atoms with van der Waals surface area (Å²) < 4.78 is 0. The van der Waals surface area contributed by atoms with Crippen molar-refractivity contribution in [2.24, 2.45) is 0 Å². The molecule has 2 aliphatic carbocycles. The molecule has 0 unspecified atom stereocenters. The monoisotopic (exact) mass is 766 g/mol. The average Bonchev–Trinajstić information content (AvgIpc) is 3.99. The Kier molecular flexibility index (Phi) is 7.83. The third-order valence-corrected chi connectivity index (χ3v) is 13.2. The van der Waals surface area contributed by atoms with Crippen LogP contribution in [0.2, 0.25) is 0 Å². The molecular weight excluding hydrogens is 725 g/mol. The number of benzene rings is 9. The number of aromatic nitrogens is 1. The number of H-pyrrole nitrogens is 1. The number of aromatic amines is 1. The largest absolute Gasteiger partial charge is 0.354 e. The van der Waals surface area contributed by atoms with E-state index in [0.717, 1.165) is 29.6 Å². The second-order valence-electron chi connectivity index (χ2n) is 16.5. The van der Waals surface area contributed by atoms with Crippen molar-refractivity contribution in [3.63, 3.8) is 0 Å². The van der Waals surface area contributed by atoms with Crippen molar-refractivity contribution >= 4 is 38.9 Å². The fourth-order valence-electron chi connectivity index (χ4n) is 10.4. The molecule has 1 heterocycles. The molecule has 0 bridgehead atoms. The van der Waals surface area contributed by atoms with Gasteiger partial charge in [-0.25, -0.2) is 0 Å². The van der Waals surface area contributed by atoms with Crippen molar-refractivity contribution < 1.29 is 0 Å². The fraction of sp³-hybridized carbons (Fsp3) is 0.0690. The van der Waals surface area contributed by atoms with Gasteiger partial charge in [0, 0.05) is 45.8 Å². The first-order valence-electron chi connectivity index (χ1n) is 21.1. The Morgan fingerprint density at radius 2 is 0.967 bits per heavy atom. The van der Waals surface area contributed by atoms with Crippen molar-refractivity contribution in [1.82, 2.24) is 4.98 Å². The Morgan fingerprint density at radius 1 is 0.417 bits per heavy atom. The highest BCUT2D eigenvalue weighted by molar-refractivity contribution is 6.14. The molecule has 0 aliphatic heterocycles. The summed E-state index contributed by atoms with van der Waals surface area (Å²) in [5, 5.41) is 2.48. The zero-order valence-electron chi connectivity index (χ0n) is 33.8. The lowest BCUT2D eigenvalue weighted by atomic mass is 9.85. The van der Waals surface area contributed by atoms with Gasteiger partial charge in [-0.2, -0.15) is 0 Å². The minimum absolute atomic E-state index is 0.847. The summed E-state index contributed by atoms with van der Waals surface area (Å²) >= 11 is 0. The van der Waals surface area contributed by atoms with Crippen LogP contribution in [0.25, 0.3) is 77.4 Å². The Bertz CT molecular complexity index is 3330. The standard InChI is InChI=1S/C58H42N2/c1-36-32-49-42-24-11-9-22-40(42)33-51(49)57(37(36)2)60(54-31-16-14-27-45(54)47-29-17-28-46-44-26-13-15-30-53(44)59-56(46)47)58-52-34-41-23-10-12-25-43(41)50(52)35-48(38-18-5-3-6-19-38)55(58)39-20-7-4-8-21-39/h3-32,35,59H,33-34H2,1-2H3. The SMILES string of the molecule is Cc1cc2c(c(N(c3ccccc3-c3cccc4c3[nH]c3ccccc34)c3c4c(cc(-c5ccccc5)c3-c3ccccc3)-c3ccccc3C4)c1C)Cc1ccccc1-2. The molecule has 0 spiro atoms. The second-order valence-corrected chi connectivity index (χ2v) is 16.5. The molecule has 0 fully saturated rings. The molecule has 2 nitrogen and oxygen atoms in total. The maximum absolute atomic E-state index is 3.87. The number of para-hydroxylation sites is 3.